The van der Waals surface area contributed by atoms with Gasteiger partial charge in [0.25, 0.3) is 0 Å². The molecule has 3 aromatic rings. The van der Waals surface area contributed by atoms with Crippen molar-refractivity contribution < 1.29 is 9.90 Å². The molecule has 1 N–H and O–H groups in total. The molecule has 96 valence electrons. The van der Waals surface area contributed by atoms with Gasteiger partial charge in [-0.05, 0) is 19.1 Å². The van der Waals surface area contributed by atoms with Gasteiger partial charge in [0.05, 0.1) is 23.0 Å². The van der Waals surface area contributed by atoms with Gasteiger partial charge in [-0.2, -0.15) is 0 Å². The molecule has 0 fully saturated rings. The first-order valence-corrected chi connectivity index (χ1v) is 6.56. The van der Waals surface area contributed by atoms with Crippen molar-refractivity contribution in [3.8, 4) is 0 Å². The number of thiazole rings is 1. The molecule has 1 aromatic carbocycles. The summed E-state index contributed by atoms with van der Waals surface area (Å²) in [5, 5.41) is 10.00. The number of carboxylic acids is 1. The number of carbonyl (C=O) groups is 1. The molecule has 0 aliphatic heterocycles. The Morgan fingerprint density at radius 3 is 2.95 bits per heavy atom. The van der Waals surface area contributed by atoms with Crippen molar-refractivity contribution in [2.45, 2.75) is 13.5 Å². The smallest absolute Gasteiger partial charge is 0.354 e. The van der Waals surface area contributed by atoms with E-state index >= 15 is 0 Å². The molecule has 0 saturated carbocycles. The minimum absolute atomic E-state index is 0.191. The van der Waals surface area contributed by atoms with Gasteiger partial charge >= 0.3 is 5.97 Å². The summed E-state index contributed by atoms with van der Waals surface area (Å²) in [5.74, 6) is -0.293. The highest BCUT2D eigenvalue weighted by atomic mass is 32.1. The van der Waals surface area contributed by atoms with E-state index in [1.807, 2.05) is 24.3 Å². The Balaban J connectivity index is 2.01. The molecule has 6 heteroatoms. The zero-order valence-corrected chi connectivity index (χ0v) is 11.0. The summed E-state index contributed by atoms with van der Waals surface area (Å²) in [5.41, 5.74) is 1.13. The van der Waals surface area contributed by atoms with E-state index < -0.39 is 5.97 Å². The van der Waals surface area contributed by atoms with Crippen molar-refractivity contribution in [3.63, 3.8) is 0 Å². The lowest BCUT2D eigenvalue weighted by molar-refractivity contribution is 0.0685. The summed E-state index contributed by atoms with van der Waals surface area (Å²) < 4.78 is 2.77. The number of aromatic nitrogens is 3. The maximum atomic E-state index is 11.1. The van der Waals surface area contributed by atoms with Crippen molar-refractivity contribution in [1.29, 1.82) is 0 Å². The number of para-hydroxylation sites is 1. The van der Waals surface area contributed by atoms with Gasteiger partial charge in [0.15, 0.2) is 0 Å². The van der Waals surface area contributed by atoms with Crippen molar-refractivity contribution in [3.05, 3.63) is 47.0 Å². The predicted octanol–water partition coefficient (Wildman–Crippen LogP) is 2.55. The second-order valence-corrected chi connectivity index (χ2v) is 5.27. The van der Waals surface area contributed by atoms with Gasteiger partial charge < -0.3 is 9.67 Å². The fourth-order valence-electron chi connectivity index (χ4n) is 1.96. The van der Waals surface area contributed by atoms with Crippen LogP contribution in [0.4, 0.5) is 0 Å². The Kier molecular flexibility index (Phi) is 2.79. The number of imidazole rings is 1. The number of aromatic carboxylic acids is 1. The summed E-state index contributed by atoms with van der Waals surface area (Å²) >= 11 is 1.57. The van der Waals surface area contributed by atoms with E-state index in [1.165, 1.54) is 6.20 Å². The maximum absolute atomic E-state index is 11.1. The van der Waals surface area contributed by atoms with Crippen LogP contribution < -0.4 is 0 Å². The van der Waals surface area contributed by atoms with E-state index in [0.717, 1.165) is 15.2 Å². The largest absolute Gasteiger partial charge is 0.477 e. The van der Waals surface area contributed by atoms with E-state index in [-0.39, 0.29) is 5.69 Å². The number of hydrogen-bond acceptors (Lipinski definition) is 4. The van der Waals surface area contributed by atoms with Crippen LogP contribution in [0.5, 0.6) is 0 Å². The molecule has 0 atom stereocenters. The van der Waals surface area contributed by atoms with Crippen LogP contribution >= 0.6 is 11.3 Å². The third kappa shape index (κ3) is 2.10. The summed E-state index contributed by atoms with van der Waals surface area (Å²) in [6, 6.07) is 7.87. The van der Waals surface area contributed by atoms with Crippen LogP contribution in [0.1, 0.15) is 21.3 Å². The lowest BCUT2D eigenvalue weighted by Crippen LogP contribution is -2.10. The minimum atomic E-state index is -0.971. The molecule has 0 spiro atoms. The average Bonchev–Trinajstić information content (AvgIpc) is 2.94. The highest BCUT2D eigenvalue weighted by Crippen LogP contribution is 2.23. The quantitative estimate of drug-likeness (QED) is 0.796. The van der Waals surface area contributed by atoms with E-state index in [9.17, 15) is 4.79 Å². The normalized spacial score (nSPS) is 11.0. The number of fused-ring (bicyclic) bond motifs is 1. The molecule has 5 nitrogen and oxygen atoms in total. The summed E-state index contributed by atoms with van der Waals surface area (Å²) in [4.78, 5) is 19.7. The number of nitrogens with zero attached hydrogens (tertiary/aromatic N) is 3. The third-order valence-electron chi connectivity index (χ3n) is 2.91. The molecule has 2 aromatic heterocycles. The lowest BCUT2D eigenvalue weighted by Gasteiger charge is -2.04. The molecule has 0 aliphatic rings. The van der Waals surface area contributed by atoms with Crippen LogP contribution in [0.15, 0.2) is 30.5 Å². The number of benzene rings is 1. The van der Waals surface area contributed by atoms with E-state index in [4.69, 9.17) is 5.11 Å². The number of carboxylic acid groups (broad SMARTS) is 1. The van der Waals surface area contributed by atoms with Crippen molar-refractivity contribution in [2.75, 3.05) is 0 Å². The second kappa shape index (κ2) is 4.47. The van der Waals surface area contributed by atoms with Gasteiger partial charge in [0.2, 0.25) is 0 Å². The van der Waals surface area contributed by atoms with Crippen molar-refractivity contribution in [1.82, 2.24) is 14.5 Å². The van der Waals surface area contributed by atoms with Crippen LogP contribution in [-0.4, -0.2) is 25.6 Å². The number of rotatable bonds is 3. The Hall–Kier alpha value is -2.21. The first-order valence-electron chi connectivity index (χ1n) is 5.75. The number of aryl methyl sites for hydroxylation is 1. The first kappa shape index (κ1) is 11.9. The van der Waals surface area contributed by atoms with E-state index in [0.29, 0.717) is 12.4 Å². The molecule has 3 rings (SSSR count). The van der Waals surface area contributed by atoms with Crippen molar-refractivity contribution >= 4 is 27.5 Å². The van der Waals surface area contributed by atoms with Gasteiger partial charge in [-0.15, -0.1) is 11.3 Å². The molecule has 0 amide bonds. The second-order valence-electron chi connectivity index (χ2n) is 4.16. The van der Waals surface area contributed by atoms with Crippen LogP contribution in [0, 0.1) is 6.92 Å². The lowest BCUT2D eigenvalue weighted by atomic mass is 10.3. The summed E-state index contributed by atoms with van der Waals surface area (Å²) in [6.07, 6.45) is 1.38. The highest BCUT2D eigenvalue weighted by molar-refractivity contribution is 7.18. The fourth-order valence-corrected chi connectivity index (χ4v) is 2.92. The predicted molar refractivity (Wildman–Crippen MR) is 72.6 cm³/mol. The summed E-state index contributed by atoms with van der Waals surface area (Å²) in [7, 11) is 0. The molecule has 0 unspecified atom stereocenters. The van der Waals surface area contributed by atoms with E-state index in [1.54, 1.807) is 22.8 Å². The average molecular weight is 273 g/mol. The van der Waals surface area contributed by atoms with Gasteiger partial charge in [0, 0.05) is 0 Å². The summed E-state index contributed by atoms with van der Waals surface area (Å²) in [6.45, 7) is 2.23. The third-order valence-corrected chi connectivity index (χ3v) is 3.93. The van der Waals surface area contributed by atoms with Crippen LogP contribution in [0.2, 0.25) is 0 Å². The van der Waals surface area contributed by atoms with Gasteiger partial charge in [-0.3, -0.25) is 0 Å². The molecule has 0 saturated heterocycles. The zero-order chi connectivity index (χ0) is 13.4. The number of hydrogen-bond donors (Lipinski definition) is 1. The molecule has 0 aliphatic carbocycles. The fraction of sp³-hybridized carbons (Fsp3) is 0.154. The van der Waals surface area contributed by atoms with Gasteiger partial charge in [-0.1, -0.05) is 12.1 Å². The van der Waals surface area contributed by atoms with Crippen LogP contribution in [0.25, 0.3) is 10.2 Å². The van der Waals surface area contributed by atoms with Gasteiger partial charge in [-0.25, -0.2) is 14.8 Å². The van der Waals surface area contributed by atoms with Crippen molar-refractivity contribution in [2.24, 2.45) is 0 Å². The molecular weight excluding hydrogens is 262 g/mol. The maximum Gasteiger partial charge on any atom is 0.354 e. The Morgan fingerprint density at radius 1 is 1.42 bits per heavy atom. The SMILES string of the molecule is Cc1ncc(C(=O)O)n1Cc1nc2ccccc2s1. The minimum Gasteiger partial charge on any atom is -0.477 e. The molecule has 2 heterocycles. The monoisotopic (exact) mass is 273 g/mol. The van der Waals surface area contributed by atoms with Gasteiger partial charge in [0.1, 0.15) is 16.5 Å². The molecule has 0 radical (unpaired) electrons. The van der Waals surface area contributed by atoms with Crippen LogP contribution in [-0.2, 0) is 6.54 Å². The standard InChI is InChI=1S/C13H11N3O2S/c1-8-14-6-10(13(17)18)16(8)7-12-15-9-4-2-3-5-11(9)19-12/h2-6H,7H2,1H3,(H,17,18). The highest BCUT2D eigenvalue weighted by Gasteiger charge is 2.14. The zero-order valence-electron chi connectivity index (χ0n) is 10.2. The Bertz CT molecular complexity index is 727. The Labute approximate surface area is 113 Å². The molecule has 19 heavy (non-hydrogen) atoms. The topological polar surface area (TPSA) is 68.0 Å². The molecular formula is C13H11N3O2S. The van der Waals surface area contributed by atoms with Crippen LogP contribution in [0.3, 0.4) is 0 Å². The molecule has 0 bridgehead atoms. The van der Waals surface area contributed by atoms with E-state index in [2.05, 4.69) is 9.97 Å². The Morgan fingerprint density at radius 2 is 2.21 bits per heavy atom. The first-order chi connectivity index (χ1) is 9.15.